The highest BCUT2D eigenvalue weighted by molar-refractivity contribution is 5.99. The van der Waals surface area contributed by atoms with Crippen LogP contribution >= 0.6 is 0 Å². The highest BCUT2D eigenvalue weighted by Crippen LogP contribution is 2.29. The molecule has 0 radical (unpaired) electrons. The molecule has 12 nitrogen and oxygen atoms in total. The largest absolute Gasteiger partial charge is 0.494 e. The number of hydrogen-bond acceptors (Lipinski definition) is 9. The van der Waals surface area contributed by atoms with E-state index in [2.05, 4.69) is 5.32 Å². The van der Waals surface area contributed by atoms with Gasteiger partial charge in [0.1, 0.15) is 11.4 Å². The molecule has 0 spiro atoms. The number of nitrogen functional groups attached to an aromatic ring is 1. The van der Waals surface area contributed by atoms with E-state index in [1.54, 1.807) is 6.92 Å². The lowest BCUT2D eigenvalue weighted by Crippen LogP contribution is -2.22. The topological polar surface area (TPSA) is 177 Å². The predicted octanol–water partition coefficient (Wildman–Crippen LogP) is 2.28. The van der Waals surface area contributed by atoms with Gasteiger partial charge in [-0.15, -0.1) is 0 Å². The van der Waals surface area contributed by atoms with Gasteiger partial charge in [-0.1, -0.05) is 0 Å². The lowest BCUT2D eigenvalue weighted by atomic mass is 10.1. The van der Waals surface area contributed by atoms with Crippen LogP contribution in [0.4, 0.5) is 22.7 Å². The lowest BCUT2D eigenvalue weighted by Gasteiger charge is -2.09. The second kappa shape index (κ2) is 9.12. The molecular weight excluding hydrogens is 388 g/mol. The molecular formula is C17H16N4O8. The van der Waals surface area contributed by atoms with Crippen LogP contribution in [0, 0.1) is 20.2 Å². The van der Waals surface area contributed by atoms with Crippen molar-refractivity contribution >= 4 is 34.6 Å². The van der Waals surface area contributed by atoms with Gasteiger partial charge in [0.2, 0.25) is 0 Å². The quantitative estimate of drug-likeness (QED) is 0.289. The summed E-state index contributed by atoms with van der Waals surface area (Å²) in [6, 6.07) is 7.06. The van der Waals surface area contributed by atoms with Crippen molar-refractivity contribution in [2.75, 3.05) is 24.3 Å². The number of non-ortho nitro benzene ring substituents is 1. The number of hydrogen-bond donors (Lipinski definition) is 2. The van der Waals surface area contributed by atoms with Gasteiger partial charge in [0.25, 0.3) is 17.3 Å². The minimum atomic E-state index is -1.05. The summed E-state index contributed by atoms with van der Waals surface area (Å²) in [7, 11) is 0. The molecule has 2 aromatic carbocycles. The van der Waals surface area contributed by atoms with Gasteiger partial charge in [0.15, 0.2) is 6.61 Å². The summed E-state index contributed by atoms with van der Waals surface area (Å²) in [5.74, 6) is -1.65. The minimum Gasteiger partial charge on any atom is -0.494 e. The van der Waals surface area contributed by atoms with E-state index in [9.17, 15) is 29.8 Å². The molecule has 0 aliphatic heterocycles. The first-order chi connectivity index (χ1) is 13.7. The fraction of sp³-hybridized carbons (Fsp3) is 0.176. The van der Waals surface area contributed by atoms with E-state index in [4.69, 9.17) is 15.2 Å². The SMILES string of the molecule is CCOc1ccc(NC(=O)COC(=O)c2cc([N+](=O)[O-])ccc2N)c([N+](=O)[O-])c1. The van der Waals surface area contributed by atoms with Gasteiger partial charge in [-0.05, 0) is 25.1 Å². The molecule has 152 valence electrons. The zero-order valence-corrected chi connectivity index (χ0v) is 15.1. The molecule has 0 atom stereocenters. The molecule has 0 heterocycles. The Morgan fingerprint density at radius 2 is 1.83 bits per heavy atom. The monoisotopic (exact) mass is 404 g/mol. The molecule has 0 saturated carbocycles. The van der Waals surface area contributed by atoms with Crippen molar-refractivity contribution in [1.29, 1.82) is 0 Å². The van der Waals surface area contributed by atoms with E-state index in [-0.39, 0.29) is 28.4 Å². The number of nitrogens with two attached hydrogens (primary N) is 1. The van der Waals surface area contributed by atoms with Crippen molar-refractivity contribution in [3.05, 3.63) is 62.2 Å². The third-order valence-electron chi connectivity index (χ3n) is 3.55. The van der Waals surface area contributed by atoms with Crippen LogP contribution in [-0.2, 0) is 9.53 Å². The molecule has 0 aliphatic carbocycles. The molecule has 12 heteroatoms. The molecule has 1 amide bonds. The van der Waals surface area contributed by atoms with Crippen LogP contribution in [0.25, 0.3) is 0 Å². The van der Waals surface area contributed by atoms with Crippen LogP contribution in [0.3, 0.4) is 0 Å². The Labute approximate surface area is 163 Å². The average Bonchev–Trinajstić information content (AvgIpc) is 2.67. The normalized spacial score (nSPS) is 10.1. The Balaban J connectivity index is 2.07. The van der Waals surface area contributed by atoms with Gasteiger partial charge in [-0.25, -0.2) is 4.79 Å². The second-order valence-electron chi connectivity index (χ2n) is 5.52. The number of benzene rings is 2. The Morgan fingerprint density at radius 1 is 1.10 bits per heavy atom. The number of esters is 1. The summed E-state index contributed by atoms with van der Waals surface area (Å²) in [4.78, 5) is 44.6. The maximum absolute atomic E-state index is 12.1. The van der Waals surface area contributed by atoms with Crippen LogP contribution < -0.4 is 15.8 Å². The fourth-order valence-corrected chi connectivity index (χ4v) is 2.25. The smallest absolute Gasteiger partial charge is 0.341 e. The van der Waals surface area contributed by atoms with Crippen LogP contribution in [0.1, 0.15) is 17.3 Å². The van der Waals surface area contributed by atoms with Gasteiger partial charge >= 0.3 is 5.97 Å². The first-order valence-corrected chi connectivity index (χ1v) is 8.15. The molecule has 0 aromatic heterocycles. The first kappa shape index (κ1) is 21.1. The van der Waals surface area contributed by atoms with Crippen molar-refractivity contribution in [2.24, 2.45) is 0 Å². The Morgan fingerprint density at radius 3 is 2.45 bits per heavy atom. The van der Waals surface area contributed by atoms with Crippen molar-refractivity contribution < 1.29 is 28.9 Å². The predicted molar refractivity (Wildman–Crippen MR) is 101 cm³/mol. The van der Waals surface area contributed by atoms with Crippen molar-refractivity contribution in [1.82, 2.24) is 0 Å². The molecule has 0 fully saturated rings. The number of amides is 1. The molecule has 29 heavy (non-hydrogen) atoms. The standard InChI is InChI=1S/C17H16N4O8/c1-2-28-11-4-6-14(15(8-11)21(26)27)19-16(22)9-29-17(23)12-7-10(20(24)25)3-5-13(12)18/h3-8H,2,9,18H2,1H3,(H,19,22). The summed E-state index contributed by atoms with van der Waals surface area (Å²) in [5.41, 5.74) is 4.36. The third-order valence-corrected chi connectivity index (χ3v) is 3.55. The Kier molecular flexibility index (Phi) is 6.63. The average molecular weight is 404 g/mol. The van der Waals surface area contributed by atoms with Crippen molar-refractivity contribution in [3.63, 3.8) is 0 Å². The second-order valence-corrected chi connectivity index (χ2v) is 5.52. The van der Waals surface area contributed by atoms with Gasteiger partial charge in [0.05, 0.1) is 28.1 Å². The molecule has 3 N–H and O–H groups in total. The summed E-state index contributed by atoms with van der Waals surface area (Å²) in [6.07, 6.45) is 0. The summed E-state index contributed by atoms with van der Waals surface area (Å²) in [5, 5.41) is 24.2. The number of carbonyl (C=O) groups excluding carboxylic acids is 2. The maximum atomic E-state index is 12.1. The van der Waals surface area contributed by atoms with Crippen molar-refractivity contribution in [3.8, 4) is 5.75 Å². The van der Waals surface area contributed by atoms with Crippen molar-refractivity contribution in [2.45, 2.75) is 6.92 Å². The number of carbonyl (C=O) groups is 2. The molecule has 2 rings (SSSR count). The van der Waals surface area contributed by atoms with Crippen LogP contribution in [0.15, 0.2) is 36.4 Å². The number of nitro benzene ring substituents is 2. The molecule has 2 aromatic rings. The number of anilines is 2. The zero-order valence-electron chi connectivity index (χ0n) is 15.1. The number of nitrogens with one attached hydrogen (secondary N) is 1. The van der Waals surface area contributed by atoms with E-state index in [0.29, 0.717) is 6.61 Å². The Hall–Kier alpha value is -4.22. The maximum Gasteiger partial charge on any atom is 0.341 e. The minimum absolute atomic E-state index is 0.0665. The van der Waals surface area contributed by atoms with Crippen LogP contribution in [-0.4, -0.2) is 34.9 Å². The number of nitrogens with zero attached hydrogens (tertiary/aromatic N) is 2. The van der Waals surface area contributed by atoms with E-state index < -0.39 is 34.0 Å². The van der Waals surface area contributed by atoms with E-state index in [0.717, 1.165) is 24.3 Å². The molecule has 0 bridgehead atoms. The molecule has 0 saturated heterocycles. The fourth-order valence-electron chi connectivity index (χ4n) is 2.25. The number of rotatable bonds is 8. The van der Waals surface area contributed by atoms with Gasteiger partial charge < -0.3 is 20.5 Å². The van der Waals surface area contributed by atoms with E-state index >= 15 is 0 Å². The lowest BCUT2D eigenvalue weighted by molar-refractivity contribution is -0.384. The number of nitro groups is 2. The Bertz CT molecular complexity index is 976. The third kappa shape index (κ3) is 5.38. The highest BCUT2D eigenvalue weighted by atomic mass is 16.6. The first-order valence-electron chi connectivity index (χ1n) is 8.15. The number of ether oxygens (including phenoxy) is 2. The molecule has 0 unspecified atom stereocenters. The highest BCUT2D eigenvalue weighted by Gasteiger charge is 2.20. The molecule has 0 aliphatic rings. The summed E-state index contributed by atoms with van der Waals surface area (Å²) in [6.45, 7) is 1.23. The summed E-state index contributed by atoms with van der Waals surface area (Å²) >= 11 is 0. The van der Waals surface area contributed by atoms with Crippen LogP contribution in [0.5, 0.6) is 5.75 Å². The van der Waals surface area contributed by atoms with E-state index in [1.165, 1.54) is 12.1 Å². The zero-order chi connectivity index (χ0) is 21.6. The summed E-state index contributed by atoms with van der Waals surface area (Å²) < 4.78 is 9.97. The van der Waals surface area contributed by atoms with Gasteiger partial charge in [0, 0.05) is 17.8 Å². The van der Waals surface area contributed by atoms with Gasteiger partial charge in [-0.3, -0.25) is 25.0 Å². The van der Waals surface area contributed by atoms with E-state index in [1.807, 2.05) is 0 Å². The van der Waals surface area contributed by atoms with Gasteiger partial charge in [-0.2, -0.15) is 0 Å². The van der Waals surface area contributed by atoms with Crippen LogP contribution in [0.2, 0.25) is 0 Å².